The highest BCUT2D eigenvalue weighted by atomic mass is 35.5. The average molecular weight is 358 g/mol. The van der Waals surface area contributed by atoms with E-state index in [-0.39, 0.29) is 5.91 Å². The van der Waals surface area contributed by atoms with Gasteiger partial charge in [0.15, 0.2) is 11.5 Å². The van der Waals surface area contributed by atoms with Crippen LogP contribution in [0.25, 0.3) is 11.6 Å². The Kier molecular flexibility index (Phi) is 5.29. The van der Waals surface area contributed by atoms with Crippen LogP contribution in [0.2, 0.25) is 5.02 Å². The molecule has 1 N–H and O–H groups in total. The minimum absolute atomic E-state index is 0.152. The number of carbonyl (C=O) groups is 1. The summed E-state index contributed by atoms with van der Waals surface area (Å²) in [6.07, 6.45) is 2.71. The molecule has 5 heteroatoms. The van der Waals surface area contributed by atoms with Gasteiger partial charge in [-0.25, -0.2) is 0 Å². The lowest BCUT2D eigenvalue weighted by atomic mass is 10.0. The van der Waals surface area contributed by atoms with Crippen LogP contribution in [-0.2, 0) is 4.79 Å². The van der Waals surface area contributed by atoms with Gasteiger partial charge in [-0.2, -0.15) is 0 Å². The number of amides is 1. The van der Waals surface area contributed by atoms with Crippen LogP contribution >= 0.6 is 11.6 Å². The molecule has 1 heterocycles. The summed E-state index contributed by atoms with van der Waals surface area (Å²) >= 11 is 6.09. The van der Waals surface area contributed by atoms with E-state index in [0.717, 1.165) is 23.2 Å². The number of ether oxygens (including phenoxy) is 2. The fraction of sp³-hybridized carbons (Fsp3) is 0.250. The molecule has 0 aromatic heterocycles. The van der Waals surface area contributed by atoms with Crippen molar-refractivity contribution in [3.8, 4) is 11.5 Å². The van der Waals surface area contributed by atoms with Crippen molar-refractivity contribution in [3.05, 3.63) is 52.5 Å². The normalized spacial score (nSPS) is 14.4. The van der Waals surface area contributed by atoms with Crippen molar-refractivity contribution in [2.24, 2.45) is 0 Å². The summed E-state index contributed by atoms with van der Waals surface area (Å²) in [5.74, 6) is 1.18. The summed E-state index contributed by atoms with van der Waals surface area (Å²) < 4.78 is 11.6. The van der Waals surface area contributed by atoms with Gasteiger partial charge in [-0.05, 0) is 43.7 Å². The molecule has 2 aromatic carbocycles. The van der Waals surface area contributed by atoms with Crippen LogP contribution in [0.4, 0.5) is 5.69 Å². The van der Waals surface area contributed by atoms with Crippen molar-refractivity contribution in [3.63, 3.8) is 0 Å². The molecule has 0 atom stereocenters. The minimum Gasteiger partial charge on any atom is -0.490 e. The summed E-state index contributed by atoms with van der Waals surface area (Å²) in [5.41, 5.74) is 2.92. The van der Waals surface area contributed by atoms with Crippen molar-refractivity contribution < 1.29 is 14.3 Å². The molecule has 0 saturated heterocycles. The van der Waals surface area contributed by atoms with Gasteiger partial charge in [0, 0.05) is 27.4 Å². The minimum atomic E-state index is -0.152. The second-order valence-corrected chi connectivity index (χ2v) is 6.09. The van der Waals surface area contributed by atoms with Gasteiger partial charge in [-0.15, -0.1) is 0 Å². The third-order valence-corrected chi connectivity index (χ3v) is 4.06. The summed E-state index contributed by atoms with van der Waals surface area (Å²) in [4.78, 5) is 12.4. The number of hydrogen-bond donors (Lipinski definition) is 1. The molecule has 130 valence electrons. The fourth-order valence-electron chi connectivity index (χ4n) is 2.73. The van der Waals surface area contributed by atoms with Crippen LogP contribution in [-0.4, -0.2) is 19.1 Å². The molecular formula is C20H20ClNO3. The van der Waals surface area contributed by atoms with Crippen molar-refractivity contribution in [2.45, 2.75) is 20.3 Å². The molecule has 0 aliphatic carbocycles. The van der Waals surface area contributed by atoms with Gasteiger partial charge < -0.3 is 14.8 Å². The van der Waals surface area contributed by atoms with E-state index in [9.17, 15) is 4.79 Å². The van der Waals surface area contributed by atoms with E-state index >= 15 is 0 Å². The number of hydrogen-bond acceptors (Lipinski definition) is 3. The van der Waals surface area contributed by atoms with E-state index in [2.05, 4.69) is 5.32 Å². The van der Waals surface area contributed by atoms with Gasteiger partial charge in [-0.3, -0.25) is 4.79 Å². The smallest absolute Gasteiger partial charge is 0.256 e. The number of fused-ring (bicyclic) bond motifs is 1. The molecule has 0 bridgehead atoms. The maximum absolute atomic E-state index is 12.4. The van der Waals surface area contributed by atoms with E-state index in [1.165, 1.54) is 0 Å². The number of carbonyl (C=O) groups excluding carboxylic acids is 1. The molecule has 25 heavy (non-hydrogen) atoms. The van der Waals surface area contributed by atoms with Gasteiger partial charge in [-0.1, -0.05) is 30.7 Å². The number of anilines is 1. The molecule has 3 rings (SSSR count). The summed E-state index contributed by atoms with van der Waals surface area (Å²) in [7, 11) is 0. The summed E-state index contributed by atoms with van der Waals surface area (Å²) in [6.45, 7) is 5.10. The molecular weight excluding hydrogens is 338 g/mol. The topological polar surface area (TPSA) is 47.6 Å². The maximum atomic E-state index is 12.4. The molecule has 0 fully saturated rings. The Bertz CT molecular complexity index is 830. The first-order valence-corrected chi connectivity index (χ1v) is 8.73. The van der Waals surface area contributed by atoms with Crippen LogP contribution in [0.5, 0.6) is 11.5 Å². The molecule has 2 aromatic rings. The van der Waals surface area contributed by atoms with Gasteiger partial charge in [0.25, 0.3) is 5.91 Å². The Hall–Kier alpha value is -2.46. The third-order valence-electron chi connectivity index (χ3n) is 3.82. The highest BCUT2D eigenvalue weighted by Gasteiger charge is 2.25. The van der Waals surface area contributed by atoms with Crippen molar-refractivity contribution in [1.82, 2.24) is 0 Å². The zero-order chi connectivity index (χ0) is 17.8. The Morgan fingerprint density at radius 2 is 2.00 bits per heavy atom. The fourth-order valence-corrected chi connectivity index (χ4v) is 2.91. The van der Waals surface area contributed by atoms with Gasteiger partial charge in [0.2, 0.25) is 0 Å². The van der Waals surface area contributed by atoms with Crippen molar-refractivity contribution >= 4 is 34.8 Å². The third kappa shape index (κ3) is 3.64. The van der Waals surface area contributed by atoms with E-state index in [1.807, 2.05) is 44.2 Å². The molecule has 0 spiro atoms. The summed E-state index contributed by atoms with van der Waals surface area (Å²) in [5, 5.41) is 3.45. The first-order chi connectivity index (χ1) is 12.1. The molecule has 0 saturated carbocycles. The Morgan fingerprint density at radius 1 is 1.16 bits per heavy atom. The number of para-hydroxylation sites is 1. The highest BCUT2D eigenvalue weighted by Crippen LogP contribution is 2.38. The van der Waals surface area contributed by atoms with Crippen LogP contribution < -0.4 is 14.8 Å². The number of halogens is 1. The van der Waals surface area contributed by atoms with Crippen LogP contribution in [0.1, 0.15) is 31.4 Å². The summed E-state index contributed by atoms with van der Waals surface area (Å²) in [6, 6.07) is 11.0. The van der Waals surface area contributed by atoms with Gasteiger partial charge in [0.05, 0.1) is 13.2 Å². The van der Waals surface area contributed by atoms with Gasteiger partial charge in [0.1, 0.15) is 0 Å². The molecule has 1 aliphatic heterocycles. The Labute approximate surface area is 152 Å². The van der Waals surface area contributed by atoms with Crippen molar-refractivity contribution in [1.29, 1.82) is 0 Å². The molecule has 1 aliphatic rings. The Balaban J connectivity index is 2.08. The monoisotopic (exact) mass is 357 g/mol. The second kappa shape index (κ2) is 7.62. The lowest BCUT2D eigenvalue weighted by molar-refractivity contribution is -0.110. The molecule has 4 nitrogen and oxygen atoms in total. The molecule has 1 amide bonds. The SMILES string of the molecule is CCCOc1c(/C=C2/C(=O)Nc3ccc(Cl)cc32)cccc1OCC. The van der Waals surface area contributed by atoms with E-state index in [4.69, 9.17) is 21.1 Å². The number of rotatable bonds is 6. The van der Waals surface area contributed by atoms with E-state index < -0.39 is 0 Å². The quantitative estimate of drug-likeness (QED) is 0.738. The zero-order valence-corrected chi connectivity index (χ0v) is 15.0. The van der Waals surface area contributed by atoms with Crippen molar-refractivity contribution in [2.75, 3.05) is 18.5 Å². The lowest BCUT2D eigenvalue weighted by Gasteiger charge is -2.14. The van der Waals surface area contributed by atoms with Crippen LogP contribution in [0.15, 0.2) is 36.4 Å². The first kappa shape index (κ1) is 17.4. The standard InChI is InChI=1S/C20H20ClNO3/c1-3-10-25-19-13(6-5-7-18(19)24-4-2)11-16-15-12-14(21)8-9-17(15)22-20(16)23/h5-9,11-12H,3-4,10H2,1-2H3,(H,22,23)/b16-11+. The van der Waals surface area contributed by atoms with E-state index in [1.54, 1.807) is 12.1 Å². The maximum Gasteiger partial charge on any atom is 0.256 e. The van der Waals surface area contributed by atoms with E-state index in [0.29, 0.717) is 35.3 Å². The average Bonchev–Trinajstić information content (AvgIpc) is 2.90. The molecule has 0 radical (unpaired) electrons. The second-order valence-electron chi connectivity index (χ2n) is 5.66. The van der Waals surface area contributed by atoms with Gasteiger partial charge >= 0.3 is 0 Å². The Morgan fingerprint density at radius 3 is 2.76 bits per heavy atom. The molecule has 0 unspecified atom stereocenters. The number of benzene rings is 2. The first-order valence-electron chi connectivity index (χ1n) is 8.35. The predicted molar refractivity (Wildman–Crippen MR) is 101 cm³/mol. The van der Waals surface area contributed by atoms with Crippen LogP contribution in [0, 0.1) is 0 Å². The predicted octanol–water partition coefficient (Wildman–Crippen LogP) is 5.02. The van der Waals surface area contributed by atoms with Crippen LogP contribution in [0.3, 0.4) is 0 Å². The highest BCUT2D eigenvalue weighted by molar-refractivity contribution is 6.36. The zero-order valence-electron chi connectivity index (χ0n) is 14.3. The largest absolute Gasteiger partial charge is 0.490 e. The number of nitrogens with one attached hydrogen (secondary N) is 1. The lowest BCUT2D eigenvalue weighted by Crippen LogP contribution is -2.04.